The van der Waals surface area contributed by atoms with E-state index in [1.165, 1.54) is 10.2 Å². The molecule has 0 fully saturated rings. The first-order chi connectivity index (χ1) is 2.94. The monoisotopic (exact) mass is 115 g/mol. The maximum absolute atomic E-state index is 3.97. The van der Waals surface area contributed by atoms with Gasteiger partial charge in [0.1, 0.15) is 0 Å². The maximum atomic E-state index is 3.97. The van der Waals surface area contributed by atoms with E-state index in [9.17, 15) is 0 Å². The van der Waals surface area contributed by atoms with Gasteiger partial charge in [0, 0.05) is 10.2 Å². The van der Waals surface area contributed by atoms with Crippen LogP contribution in [0, 0.1) is 12.3 Å². The molecule has 1 unspecified atom stereocenters. The maximum Gasteiger partial charge on any atom is 0.00739 e. The van der Waals surface area contributed by atoms with Crippen molar-refractivity contribution in [1.29, 1.82) is 0 Å². The molecule has 0 aromatic heterocycles. The summed E-state index contributed by atoms with van der Waals surface area (Å²) in [5.74, 6) is 0. The fourth-order valence-corrected chi connectivity index (χ4v) is 0. The Kier molecular flexibility index (Phi) is 2.05. The molecule has 0 rings (SSSR count). The van der Waals surface area contributed by atoms with Gasteiger partial charge < -0.3 is 0 Å². The fourth-order valence-electron chi connectivity index (χ4n) is 0. The lowest BCUT2D eigenvalue weighted by Gasteiger charge is -2.22. The predicted octanol–water partition coefficient (Wildman–Crippen LogP) is 1.02. The highest BCUT2D eigenvalue weighted by atomic mass is 28.1. The molecule has 0 bridgehead atoms. The summed E-state index contributed by atoms with van der Waals surface area (Å²) >= 11 is 0. The summed E-state index contributed by atoms with van der Waals surface area (Å²) in [5, 5.41) is 0. The van der Waals surface area contributed by atoms with E-state index in [1.807, 2.05) is 0 Å². The summed E-state index contributed by atoms with van der Waals surface area (Å²) in [5.41, 5.74) is 1.14. The zero-order chi connectivity index (χ0) is 6.08. The molecule has 0 spiro atoms. The quantitative estimate of drug-likeness (QED) is 0.414. The van der Waals surface area contributed by atoms with Crippen LogP contribution in [0.25, 0.3) is 0 Å². The van der Waals surface area contributed by atoms with Gasteiger partial charge in [-0.3, -0.25) is 0 Å². The van der Waals surface area contributed by atoms with Gasteiger partial charge in [0.15, 0.2) is 0 Å². The third-order valence-electron chi connectivity index (χ3n) is 1.48. The second-order valence-corrected chi connectivity index (χ2v) is 4.66. The van der Waals surface area contributed by atoms with Gasteiger partial charge in [-0.05, 0) is 11.0 Å². The highest BCUT2D eigenvalue weighted by molar-refractivity contribution is 6.12. The molecule has 0 heterocycles. The summed E-state index contributed by atoms with van der Waals surface area (Å²) in [6.07, 6.45) is 0. The third-order valence-corrected chi connectivity index (χ3v) is 3.21. The van der Waals surface area contributed by atoms with Crippen molar-refractivity contribution in [2.24, 2.45) is 5.41 Å². The molecule has 7 heavy (non-hydrogen) atoms. The Balaban J connectivity index is 3.54. The predicted molar refractivity (Wildman–Crippen MR) is 38.5 cm³/mol. The Bertz CT molecular complexity index is 49.7. The largest absolute Gasteiger partial charge is 0.0602 e. The smallest absolute Gasteiger partial charge is 0.00739 e. The van der Waals surface area contributed by atoms with Crippen molar-refractivity contribution >= 4 is 10.2 Å². The average Bonchev–Trinajstić information content (AvgIpc) is 1.31. The minimum atomic E-state index is 0.451. The number of hydrogen-bond donors (Lipinski definition) is 0. The normalized spacial score (nSPS) is 17.1. The van der Waals surface area contributed by atoms with Crippen LogP contribution in [0.4, 0.5) is 0 Å². The van der Waals surface area contributed by atoms with Crippen molar-refractivity contribution in [3.05, 3.63) is 6.92 Å². The van der Waals surface area contributed by atoms with Crippen LogP contribution in [0.2, 0.25) is 5.54 Å². The van der Waals surface area contributed by atoms with Crippen LogP contribution in [-0.2, 0) is 0 Å². The first kappa shape index (κ1) is 7.22. The molecule has 0 saturated carbocycles. The summed E-state index contributed by atoms with van der Waals surface area (Å²) in [6.45, 7) is 10.7. The van der Waals surface area contributed by atoms with E-state index in [0.29, 0.717) is 11.0 Å². The molecule has 0 aromatic carbocycles. The van der Waals surface area contributed by atoms with Crippen molar-refractivity contribution in [2.75, 3.05) is 0 Å². The number of rotatable bonds is 0. The minimum Gasteiger partial charge on any atom is -0.0602 e. The Labute approximate surface area is 49.7 Å². The zero-order valence-corrected chi connectivity index (χ0v) is 7.78. The lowest BCUT2D eigenvalue weighted by molar-refractivity contribution is 0.419. The van der Waals surface area contributed by atoms with Crippen molar-refractivity contribution in [1.82, 2.24) is 0 Å². The second kappa shape index (κ2) is 1.99. The molecule has 0 aliphatic heterocycles. The Morgan fingerprint density at radius 1 is 1.43 bits per heavy atom. The fraction of sp³-hybridized carbons (Fsp3) is 0.833. The molecule has 1 atom stereocenters. The third kappa shape index (κ3) is 2.86. The second-order valence-electron chi connectivity index (χ2n) is 3.27. The van der Waals surface area contributed by atoms with Crippen LogP contribution in [0.15, 0.2) is 0 Å². The molecular weight excluding hydrogens is 100 g/mol. The van der Waals surface area contributed by atoms with Crippen molar-refractivity contribution in [3.8, 4) is 0 Å². The summed E-state index contributed by atoms with van der Waals surface area (Å²) in [7, 11) is 1.22. The molecular formula is C6H15Si. The van der Waals surface area contributed by atoms with E-state index in [0.717, 1.165) is 0 Å². The van der Waals surface area contributed by atoms with Crippen molar-refractivity contribution in [3.63, 3.8) is 0 Å². The van der Waals surface area contributed by atoms with Gasteiger partial charge in [0.25, 0.3) is 0 Å². The van der Waals surface area contributed by atoms with E-state index in [1.54, 1.807) is 0 Å². The zero-order valence-electron chi connectivity index (χ0n) is 5.78. The summed E-state index contributed by atoms with van der Waals surface area (Å²) < 4.78 is 0. The molecule has 0 aliphatic rings. The number of hydrogen-bond acceptors (Lipinski definition) is 0. The van der Waals surface area contributed by atoms with Gasteiger partial charge in [0.2, 0.25) is 0 Å². The first-order valence-corrected chi connectivity index (χ1v) is 3.93. The van der Waals surface area contributed by atoms with Gasteiger partial charge in [-0.15, -0.1) is 0 Å². The first-order valence-electron chi connectivity index (χ1n) is 2.77. The van der Waals surface area contributed by atoms with Gasteiger partial charge in [-0.2, -0.15) is 0 Å². The van der Waals surface area contributed by atoms with E-state index in [4.69, 9.17) is 0 Å². The molecule has 0 saturated heterocycles. The van der Waals surface area contributed by atoms with Crippen LogP contribution < -0.4 is 0 Å². The topological polar surface area (TPSA) is 0 Å². The van der Waals surface area contributed by atoms with Crippen LogP contribution in [0.1, 0.15) is 20.8 Å². The molecule has 0 nitrogen and oxygen atoms in total. The summed E-state index contributed by atoms with van der Waals surface area (Å²) in [4.78, 5) is 0. The summed E-state index contributed by atoms with van der Waals surface area (Å²) in [6, 6.07) is 0. The van der Waals surface area contributed by atoms with E-state index >= 15 is 0 Å². The molecule has 43 valence electrons. The van der Waals surface area contributed by atoms with E-state index in [2.05, 4.69) is 27.7 Å². The lowest BCUT2D eigenvalue weighted by Crippen LogP contribution is -2.11. The molecule has 0 amide bonds. The van der Waals surface area contributed by atoms with Gasteiger partial charge in [-0.25, -0.2) is 0 Å². The highest BCUT2D eigenvalue weighted by Gasteiger charge is 2.13. The average molecular weight is 115 g/mol. The Morgan fingerprint density at radius 3 is 1.57 bits per heavy atom. The van der Waals surface area contributed by atoms with Crippen LogP contribution in [-0.4, -0.2) is 10.2 Å². The molecule has 0 aliphatic carbocycles. The minimum absolute atomic E-state index is 0.451. The van der Waals surface area contributed by atoms with Crippen molar-refractivity contribution in [2.45, 2.75) is 26.3 Å². The highest BCUT2D eigenvalue weighted by Crippen LogP contribution is 2.26. The van der Waals surface area contributed by atoms with Crippen molar-refractivity contribution < 1.29 is 0 Å². The van der Waals surface area contributed by atoms with E-state index in [-0.39, 0.29) is 0 Å². The molecule has 0 N–H and O–H groups in total. The Hall–Kier alpha value is 0.217. The van der Waals surface area contributed by atoms with Crippen LogP contribution >= 0.6 is 0 Å². The lowest BCUT2D eigenvalue weighted by atomic mass is 9.93. The van der Waals surface area contributed by atoms with Gasteiger partial charge in [0.05, 0.1) is 0 Å². The molecule has 1 heteroatoms. The SMILES string of the molecule is [CH2]C([SiH3])C(C)(C)C. The standard InChI is InChI=1S/C6H15Si/c1-5(7)6(2,3)4/h5H,1H2,2-4,7H3. The Morgan fingerprint density at radius 2 is 1.57 bits per heavy atom. The van der Waals surface area contributed by atoms with Gasteiger partial charge in [-0.1, -0.05) is 27.7 Å². The van der Waals surface area contributed by atoms with Crippen LogP contribution in [0.3, 0.4) is 0 Å². The van der Waals surface area contributed by atoms with E-state index < -0.39 is 0 Å². The van der Waals surface area contributed by atoms with Crippen LogP contribution in [0.5, 0.6) is 0 Å². The molecule has 0 aromatic rings. The molecule has 1 radical (unpaired) electrons. The van der Waals surface area contributed by atoms with Gasteiger partial charge >= 0.3 is 0 Å².